The number of aryl methyl sites for hydroxylation is 1. The molecule has 1 heterocycles. The van der Waals surface area contributed by atoms with Gasteiger partial charge in [-0.3, -0.25) is 14.5 Å². The molecular formula is C13H12ClNO3. The third-order valence-corrected chi connectivity index (χ3v) is 3.03. The van der Waals surface area contributed by atoms with Gasteiger partial charge in [0.15, 0.2) is 5.78 Å². The van der Waals surface area contributed by atoms with E-state index in [1.165, 1.54) is 18.3 Å². The normalized spacial score (nSPS) is 17.7. The lowest BCUT2D eigenvalue weighted by atomic mass is 10.2. The topological polar surface area (TPSA) is 46.6 Å². The number of benzene rings is 1. The second kappa shape index (κ2) is 4.82. The summed E-state index contributed by atoms with van der Waals surface area (Å²) < 4.78 is 4.74. The second-order valence-electron chi connectivity index (χ2n) is 4.04. The third-order valence-electron chi connectivity index (χ3n) is 2.71. The van der Waals surface area contributed by atoms with E-state index in [1.807, 2.05) is 13.0 Å². The number of methoxy groups -OCH3 is 1. The molecule has 94 valence electrons. The highest BCUT2D eigenvalue weighted by molar-refractivity contribution is 6.37. The van der Waals surface area contributed by atoms with Gasteiger partial charge in [0.05, 0.1) is 30.6 Å². The van der Waals surface area contributed by atoms with Crippen molar-refractivity contribution in [1.82, 2.24) is 0 Å². The number of anilines is 1. The number of rotatable bonds is 2. The van der Waals surface area contributed by atoms with Gasteiger partial charge in [0, 0.05) is 0 Å². The summed E-state index contributed by atoms with van der Waals surface area (Å²) >= 11 is 6.06. The number of ketones is 1. The van der Waals surface area contributed by atoms with Crippen LogP contribution in [0.2, 0.25) is 5.02 Å². The van der Waals surface area contributed by atoms with Crippen LogP contribution in [-0.4, -0.2) is 25.3 Å². The Labute approximate surface area is 110 Å². The van der Waals surface area contributed by atoms with Crippen molar-refractivity contribution in [2.45, 2.75) is 6.92 Å². The highest BCUT2D eigenvalue weighted by Gasteiger charge is 2.35. The summed E-state index contributed by atoms with van der Waals surface area (Å²) in [4.78, 5) is 25.1. The van der Waals surface area contributed by atoms with Crippen LogP contribution >= 0.6 is 11.6 Å². The molecule has 0 N–H and O–H groups in total. The van der Waals surface area contributed by atoms with Crippen molar-refractivity contribution in [3.05, 3.63) is 40.6 Å². The molecule has 0 saturated carbocycles. The Morgan fingerprint density at radius 1 is 1.39 bits per heavy atom. The van der Waals surface area contributed by atoms with Gasteiger partial charge in [-0.15, -0.1) is 0 Å². The molecule has 0 spiro atoms. The van der Waals surface area contributed by atoms with Crippen molar-refractivity contribution in [3.8, 4) is 0 Å². The van der Waals surface area contributed by atoms with Crippen LogP contribution in [0.4, 0.5) is 5.69 Å². The number of ether oxygens (including phenoxy) is 1. The van der Waals surface area contributed by atoms with Gasteiger partial charge in [0.2, 0.25) is 0 Å². The number of Topliss-reactive ketones (excluding diaryl/α,β-unsaturated/α-hetero) is 1. The zero-order chi connectivity index (χ0) is 13.3. The van der Waals surface area contributed by atoms with Crippen LogP contribution in [0.5, 0.6) is 0 Å². The lowest BCUT2D eigenvalue weighted by Gasteiger charge is -2.16. The van der Waals surface area contributed by atoms with Crippen LogP contribution < -0.4 is 4.90 Å². The number of carbonyl (C=O) groups is 2. The van der Waals surface area contributed by atoms with Crippen molar-refractivity contribution in [3.63, 3.8) is 0 Å². The van der Waals surface area contributed by atoms with Crippen molar-refractivity contribution in [1.29, 1.82) is 0 Å². The molecule has 2 rings (SSSR count). The lowest BCUT2D eigenvalue weighted by molar-refractivity contribution is -0.116. The molecule has 0 aromatic heterocycles. The number of amides is 1. The van der Waals surface area contributed by atoms with E-state index in [2.05, 4.69) is 0 Å². The second-order valence-corrected chi connectivity index (χ2v) is 4.44. The maximum atomic E-state index is 12.1. The van der Waals surface area contributed by atoms with Gasteiger partial charge in [-0.1, -0.05) is 17.7 Å². The Hall–Kier alpha value is -1.81. The van der Waals surface area contributed by atoms with Gasteiger partial charge in [0.25, 0.3) is 5.91 Å². The first-order valence-electron chi connectivity index (χ1n) is 5.38. The maximum absolute atomic E-state index is 12.1. The van der Waals surface area contributed by atoms with E-state index in [0.29, 0.717) is 10.7 Å². The van der Waals surface area contributed by atoms with Gasteiger partial charge in [-0.05, 0) is 24.6 Å². The molecule has 0 aliphatic carbocycles. The molecule has 1 aromatic carbocycles. The van der Waals surface area contributed by atoms with Crippen molar-refractivity contribution < 1.29 is 14.3 Å². The van der Waals surface area contributed by atoms with Crippen molar-refractivity contribution in [2.24, 2.45) is 0 Å². The van der Waals surface area contributed by atoms with E-state index in [4.69, 9.17) is 16.3 Å². The number of halogens is 1. The van der Waals surface area contributed by atoms with Crippen LogP contribution in [0.1, 0.15) is 5.56 Å². The highest BCUT2D eigenvalue weighted by atomic mass is 35.5. The Kier molecular flexibility index (Phi) is 3.39. The first kappa shape index (κ1) is 12.6. The monoisotopic (exact) mass is 265 g/mol. The Morgan fingerprint density at radius 3 is 2.78 bits per heavy atom. The SMILES string of the molecule is CO/C=C1\C(=O)CN(c2cc(C)ccc2Cl)C1=O. The van der Waals surface area contributed by atoms with Crippen molar-refractivity contribution >= 4 is 29.0 Å². The van der Waals surface area contributed by atoms with Gasteiger partial charge < -0.3 is 4.74 Å². The zero-order valence-electron chi connectivity index (χ0n) is 10.1. The summed E-state index contributed by atoms with van der Waals surface area (Å²) in [5, 5.41) is 0.445. The molecule has 18 heavy (non-hydrogen) atoms. The Bertz CT molecular complexity index is 551. The molecule has 4 nitrogen and oxygen atoms in total. The van der Waals surface area contributed by atoms with Gasteiger partial charge >= 0.3 is 0 Å². The molecule has 0 bridgehead atoms. The van der Waals surface area contributed by atoms with Gasteiger partial charge in [-0.2, -0.15) is 0 Å². The molecule has 1 aliphatic rings. The van der Waals surface area contributed by atoms with E-state index in [9.17, 15) is 9.59 Å². The zero-order valence-corrected chi connectivity index (χ0v) is 10.8. The minimum atomic E-state index is -0.380. The fourth-order valence-electron chi connectivity index (χ4n) is 1.82. The highest BCUT2D eigenvalue weighted by Crippen LogP contribution is 2.30. The lowest BCUT2D eigenvalue weighted by Crippen LogP contribution is -2.25. The number of hydrogen-bond donors (Lipinski definition) is 0. The van der Waals surface area contributed by atoms with Crippen LogP contribution in [0, 0.1) is 6.92 Å². The van der Waals surface area contributed by atoms with Crippen LogP contribution in [-0.2, 0) is 14.3 Å². The minimum absolute atomic E-state index is 0.00278. The summed E-state index contributed by atoms with van der Waals surface area (Å²) in [6.45, 7) is 1.89. The molecule has 0 atom stereocenters. The summed E-state index contributed by atoms with van der Waals surface area (Å²) in [6.07, 6.45) is 1.17. The Morgan fingerprint density at radius 2 is 2.11 bits per heavy atom. The average Bonchev–Trinajstić information content (AvgIpc) is 2.61. The van der Waals surface area contributed by atoms with Crippen molar-refractivity contribution in [2.75, 3.05) is 18.6 Å². The predicted octanol–water partition coefficient (Wildman–Crippen LogP) is 2.09. The predicted molar refractivity (Wildman–Crippen MR) is 68.6 cm³/mol. The number of hydrogen-bond acceptors (Lipinski definition) is 3. The van der Waals surface area contributed by atoms with Gasteiger partial charge in [-0.25, -0.2) is 0 Å². The largest absolute Gasteiger partial charge is 0.503 e. The molecule has 1 amide bonds. The minimum Gasteiger partial charge on any atom is -0.503 e. The van der Waals surface area contributed by atoms with E-state index in [0.717, 1.165) is 5.56 Å². The first-order valence-corrected chi connectivity index (χ1v) is 5.76. The summed E-state index contributed by atoms with van der Waals surface area (Å²) in [7, 11) is 1.40. The summed E-state index contributed by atoms with van der Waals surface area (Å²) in [5.74, 6) is -0.645. The van der Waals surface area contributed by atoms with E-state index >= 15 is 0 Å². The summed E-state index contributed by atoms with van der Waals surface area (Å²) in [5.41, 5.74) is 1.57. The Balaban J connectivity index is 2.42. The number of nitrogens with zero attached hydrogens (tertiary/aromatic N) is 1. The van der Waals surface area contributed by atoms with E-state index in [-0.39, 0.29) is 23.8 Å². The van der Waals surface area contributed by atoms with Crippen LogP contribution in [0.25, 0.3) is 0 Å². The molecule has 1 fully saturated rings. The standard InChI is InChI=1S/C13H12ClNO3/c1-8-3-4-10(14)11(5-8)15-6-12(16)9(7-18-2)13(15)17/h3-5,7H,6H2,1-2H3/b9-7+. The number of carbonyl (C=O) groups excluding carboxylic acids is 2. The van der Waals surface area contributed by atoms with E-state index in [1.54, 1.807) is 12.1 Å². The molecule has 0 unspecified atom stereocenters. The smallest absolute Gasteiger partial charge is 0.265 e. The summed E-state index contributed by atoms with van der Waals surface area (Å²) in [6, 6.07) is 5.34. The fourth-order valence-corrected chi connectivity index (χ4v) is 2.04. The van der Waals surface area contributed by atoms with E-state index < -0.39 is 0 Å². The average molecular weight is 266 g/mol. The molecular weight excluding hydrogens is 254 g/mol. The molecule has 1 saturated heterocycles. The third kappa shape index (κ3) is 2.11. The molecule has 1 aromatic rings. The molecule has 1 aliphatic heterocycles. The fraction of sp³-hybridized carbons (Fsp3) is 0.231. The molecule has 5 heteroatoms. The van der Waals surface area contributed by atoms with Crippen LogP contribution in [0.3, 0.4) is 0 Å². The van der Waals surface area contributed by atoms with Crippen LogP contribution in [0.15, 0.2) is 30.0 Å². The van der Waals surface area contributed by atoms with Gasteiger partial charge in [0.1, 0.15) is 5.57 Å². The maximum Gasteiger partial charge on any atom is 0.265 e. The molecule has 0 radical (unpaired) electrons. The quantitative estimate of drug-likeness (QED) is 0.467. The first-order chi connectivity index (χ1) is 8.54.